The Balaban J connectivity index is 3.41. The molecule has 0 spiro atoms. The van der Waals surface area contributed by atoms with Crippen molar-refractivity contribution in [3.8, 4) is 12.3 Å². The summed E-state index contributed by atoms with van der Waals surface area (Å²) in [6, 6.07) is 0. The maximum Gasteiger partial charge on any atom is 0.182 e. The molecule has 34 heavy (non-hydrogen) atoms. The number of terminal acetylenes is 1. The Kier molecular flexibility index (Phi) is 17.1. The predicted octanol–water partition coefficient (Wildman–Crippen LogP) is 5.29. The van der Waals surface area contributed by atoms with E-state index in [1.54, 1.807) is 0 Å². The van der Waals surface area contributed by atoms with Crippen molar-refractivity contribution in [1.82, 2.24) is 0 Å². The first kappa shape index (κ1) is 31.4. The van der Waals surface area contributed by atoms with Crippen LogP contribution in [0.3, 0.4) is 0 Å². The molecule has 0 aromatic heterocycles. The lowest BCUT2D eigenvalue weighted by molar-refractivity contribution is -0.293. The number of ether oxygens (including phenoxy) is 5. The largest absolute Gasteiger partial charge is 0.373 e. The van der Waals surface area contributed by atoms with Crippen LogP contribution >= 0.6 is 0 Å². The zero-order valence-corrected chi connectivity index (χ0v) is 22.6. The topological polar surface area (TPSA) is 66.4 Å². The molecule has 1 rings (SSSR count). The van der Waals surface area contributed by atoms with Crippen molar-refractivity contribution < 1.29 is 28.8 Å². The number of hydrogen-bond donors (Lipinski definition) is 1. The van der Waals surface area contributed by atoms with Gasteiger partial charge in [0.05, 0.1) is 0 Å². The molecule has 0 aliphatic heterocycles. The van der Waals surface area contributed by atoms with E-state index in [0.29, 0.717) is 33.0 Å². The second kappa shape index (κ2) is 18.6. The van der Waals surface area contributed by atoms with E-state index >= 15 is 0 Å². The summed E-state index contributed by atoms with van der Waals surface area (Å²) >= 11 is 0. The van der Waals surface area contributed by atoms with Crippen LogP contribution in [0.4, 0.5) is 0 Å². The van der Waals surface area contributed by atoms with Crippen molar-refractivity contribution in [1.29, 1.82) is 0 Å². The Hall–Kier alpha value is -0.680. The third kappa shape index (κ3) is 9.41. The summed E-state index contributed by atoms with van der Waals surface area (Å²) in [5, 5.41) is 11.9. The molecule has 1 N–H and O–H groups in total. The van der Waals surface area contributed by atoms with Gasteiger partial charge in [0, 0.05) is 33.0 Å². The fourth-order valence-corrected chi connectivity index (χ4v) is 4.16. The van der Waals surface area contributed by atoms with E-state index in [4.69, 9.17) is 30.1 Å². The van der Waals surface area contributed by atoms with Gasteiger partial charge in [-0.05, 0) is 32.1 Å². The fraction of sp³-hybridized carbons (Fsp3) is 0.929. The van der Waals surface area contributed by atoms with Crippen LogP contribution in [0, 0.1) is 12.3 Å². The monoisotopic (exact) mass is 484 g/mol. The van der Waals surface area contributed by atoms with Crippen LogP contribution in [0.5, 0.6) is 0 Å². The smallest absolute Gasteiger partial charge is 0.182 e. The van der Waals surface area contributed by atoms with E-state index in [9.17, 15) is 5.11 Å². The molecular formula is C28H52O6. The summed E-state index contributed by atoms with van der Waals surface area (Å²) in [6.07, 6.45) is 12.5. The highest BCUT2D eigenvalue weighted by atomic mass is 16.6. The molecule has 0 aromatic rings. The number of hydrogen-bond acceptors (Lipinski definition) is 6. The van der Waals surface area contributed by atoms with Gasteiger partial charge in [-0.25, -0.2) is 0 Å². The minimum atomic E-state index is -1.68. The van der Waals surface area contributed by atoms with Crippen LogP contribution in [-0.4, -0.2) is 74.3 Å². The first-order valence-corrected chi connectivity index (χ1v) is 13.8. The normalized spacial score (nSPS) is 29.3. The van der Waals surface area contributed by atoms with E-state index in [1.807, 2.05) is 0 Å². The first-order valence-electron chi connectivity index (χ1n) is 13.8. The average Bonchev–Trinajstić information content (AvgIpc) is 2.84. The van der Waals surface area contributed by atoms with Crippen molar-refractivity contribution in [3.05, 3.63) is 0 Å². The molecule has 1 saturated carbocycles. The maximum absolute atomic E-state index is 11.9. The highest BCUT2D eigenvalue weighted by Gasteiger charge is 2.61. The molecule has 1 fully saturated rings. The second-order valence-corrected chi connectivity index (χ2v) is 9.33. The third-order valence-corrected chi connectivity index (χ3v) is 6.36. The van der Waals surface area contributed by atoms with Crippen molar-refractivity contribution in [2.45, 2.75) is 135 Å². The van der Waals surface area contributed by atoms with Gasteiger partial charge in [0.1, 0.15) is 30.5 Å². The molecule has 1 aliphatic carbocycles. The molecular weight excluding hydrogens is 432 g/mol. The van der Waals surface area contributed by atoms with Crippen LogP contribution in [0.25, 0.3) is 0 Å². The van der Waals surface area contributed by atoms with Gasteiger partial charge < -0.3 is 28.8 Å². The summed E-state index contributed by atoms with van der Waals surface area (Å²) in [7, 11) is 0. The van der Waals surface area contributed by atoms with Gasteiger partial charge >= 0.3 is 0 Å². The number of rotatable bonds is 20. The summed E-state index contributed by atoms with van der Waals surface area (Å²) < 4.78 is 31.8. The van der Waals surface area contributed by atoms with E-state index < -0.39 is 36.1 Å². The van der Waals surface area contributed by atoms with E-state index in [0.717, 1.165) is 64.2 Å². The van der Waals surface area contributed by atoms with Gasteiger partial charge in [0.15, 0.2) is 5.60 Å². The van der Waals surface area contributed by atoms with Crippen LogP contribution < -0.4 is 0 Å². The van der Waals surface area contributed by atoms with E-state index in [1.165, 1.54) is 0 Å². The molecule has 6 heteroatoms. The van der Waals surface area contributed by atoms with Crippen molar-refractivity contribution in [2.24, 2.45) is 0 Å². The average molecular weight is 485 g/mol. The number of aliphatic hydroxyl groups is 1. The zero-order valence-electron chi connectivity index (χ0n) is 22.6. The van der Waals surface area contributed by atoms with Gasteiger partial charge in [0.2, 0.25) is 0 Å². The molecule has 0 radical (unpaired) electrons. The Bertz CT molecular complexity index is 501. The Morgan fingerprint density at radius 1 is 0.559 bits per heavy atom. The Morgan fingerprint density at radius 3 is 1.15 bits per heavy atom. The SMILES string of the molecule is C#CC1(O)[C@H](OCCCC)[C@@H](OCCCC)C(OCCCC)[C@@H](OCCCC)[C@@H]1OCCCC. The van der Waals surface area contributed by atoms with Crippen molar-refractivity contribution >= 4 is 0 Å². The van der Waals surface area contributed by atoms with Gasteiger partial charge in [-0.3, -0.25) is 0 Å². The third-order valence-electron chi connectivity index (χ3n) is 6.36. The van der Waals surface area contributed by atoms with Gasteiger partial charge in [0.25, 0.3) is 0 Å². The van der Waals surface area contributed by atoms with Crippen LogP contribution in [0.1, 0.15) is 98.8 Å². The molecule has 6 nitrogen and oxygen atoms in total. The number of unbranched alkanes of at least 4 members (excludes halogenated alkanes) is 5. The lowest BCUT2D eigenvalue weighted by atomic mass is 9.74. The minimum absolute atomic E-state index is 0.438. The maximum atomic E-state index is 11.9. The molecule has 0 aromatic carbocycles. The fourth-order valence-electron chi connectivity index (χ4n) is 4.16. The molecule has 0 amide bonds. The molecule has 0 saturated heterocycles. The first-order chi connectivity index (χ1) is 16.5. The lowest BCUT2D eigenvalue weighted by Crippen LogP contribution is -2.73. The van der Waals surface area contributed by atoms with E-state index in [-0.39, 0.29) is 0 Å². The highest BCUT2D eigenvalue weighted by Crippen LogP contribution is 2.39. The summed E-state index contributed by atoms with van der Waals surface area (Å²) in [6.45, 7) is 13.3. The molecule has 2 unspecified atom stereocenters. The van der Waals surface area contributed by atoms with Crippen LogP contribution in [0.2, 0.25) is 0 Å². The summed E-state index contributed by atoms with van der Waals surface area (Å²) in [4.78, 5) is 0. The molecule has 0 heterocycles. The van der Waals surface area contributed by atoms with Crippen molar-refractivity contribution in [2.75, 3.05) is 33.0 Å². The quantitative estimate of drug-likeness (QED) is 0.187. The van der Waals surface area contributed by atoms with Gasteiger partial charge in [-0.2, -0.15) is 0 Å². The predicted molar refractivity (Wildman–Crippen MR) is 137 cm³/mol. The highest BCUT2D eigenvalue weighted by molar-refractivity contribution is 5.24. The van der Waals surface area contributed by atoms with Gasteiger partial charge in [-0.1, -0.05) is 72.6 Å². The van der Waals surface area contributed by atoms with Crippen molar-refractivity contribution in [3.63, 3.8) is 0 Å². The molecule has 0 bridgehead atoms. The van der Waals surface area contributed by atoms with Gasteiger partial charge in [-0.15, -0.1) is 6.42 Å². The van der Waals surface area contributed by atoms with E-state index in [2.05, 4.69) is 40.5 Å². The molecule has 6 atom stereocenters. The van der Waals surface area contributed by atoms with Crippen LogP contribution in [-0.2, 0) is 23.7 Å². The lowest BCUT2D eigenvalue weighted by Gasteiger charge is -2.52. The summed E-state index contributed by atoms with van der Waals surface area (Å²) in [5.41, 5.74) is -1.68. The standard InChI is InChI=1S/C28H52O6/c1-7-13-18-30-23-24(31-19-14-8-2)26(33-21-16-10-4)28(29,12-6)27(34-22-17-11-5)25(23)32-20-15-9-3/h6,23-27,29H,7-11,13-22H2,1-5H3/t23?,24-,25+,26+,27-,28?. The van der Waals surface area contributed by atoms with Crippen LogP contribution in [0.15, 0.2) is 0 Å². The molecule has 200 valence electrons. The Morgan fingerprint density at radius 2 is 0.853 bits per heavy atom. The summed E-state index contributed by atoms with van der Waals surface area (Å²) in [5.74, 6) is 2.65. The zero-order chi connectivity index (χ0) is 25.2. The Labute approximate surface area is 209 Å². The minimum Gasteiger partial charge on any atom is -0.373 e. The second-order valence-electron chi connectivity index (χ2n) is 9.33. The molecule has 1 aliphatic rings.